The predicted octanol–water partition coefficient (Wildman–Crippen LogP) is 6.29. The minimum Gasteiger partial charge on any atom is -0.406 e. The Hall–Kier alpha value is -3.92. The van der Waals surface area contributed by atoms with E-state index in [4.69, 9.17) is 12.2 Å². The largest absolute Gasteiger partial charge is 0.573 e. The van der Waals surface area contributed by atoms with Crippen LogP contribution in [0.3, 0.4) is 0 Å². The van der Waals surface area contributed by atoms with E-state index in [0.717, 1.165) is 17.7 Å². The van der Waals surface area contributed by atoms with Crippen molar-refractivity contribution in [3.63, 3.8) is 0 Å². The van der Waals surface area contributed by atoms with Crippen LogP contribution in [0.5, 0.6) is 5.75 Å². The summed E-state index contributed by atoms with van der Waals surface area (Å²) >= 11 is 5.50. The van der Waals surface area contributed by atoms with Crippen LogP contribution in [0.25, 0.3) is 17.1 Å². The van der Waals surface area contributed by atoms with E-state index in [0.29, 0.717) is 22.5 Å². The van der Waals surface area contributed by atoms with Crippen LogP contribution in [-0.4, -0.2) is 32.3 Å². The molecule has 0 radical (unpaired) electrons. The second-order valence-corrected chi connectivity index (χ2v) is 9.51. The Kier molecular flexibility index (Phi) is 6.59. The molecule has 1 heterocycles. The number of anilines is 1. The van der Waals surface area contributed by atoms with Gasteiger partial charge in [0.1, 0.15) is 12.1 Å². The number of alkyl halides is 3. The third-order valence-corrected chi connectivity index (χ3v) is 6.23. The Bertz CT molecular complexity index is 1400. The fraction of sp³-hybridized carbons (Fsp3) is 0.222. The number of aryl methyl sites for hydroxylation is 2. The number of halogens is 3. The van der Waals surface area contributed by atoms with E-state index < -0.39 is 6.36 Å². The molecule has 5 rings (SSSR count). The average Bonchev–Trinajstić information content (AvgIpc) is 3.40. The monoisotopic (exact) mass is 523 g/mol. The van der Waals surface area contributed by atoms with Gasteiger partial charge >= 0.3 is 6.36 Å². The molecule has 1 fully saturated rings. The summed E-state index contributed by atoms with van der Waals surface area (Å²) in [5, 5.41) is 11.7. The highest BCUT2D eigenvalue weighted by molar-refractivity contribution is 7.80. The fourth-order valence-corrected chi connectivity index (χ4v) is 4.57. The zero-order valence-corrected chi connectivity index (χ0v) is 20.9. The highest BCUT2D eigenvalue weighted by atomic mass is 32.1. The molecule has 3 aromatic carbocycles. The van der Waals surface area contributed by atoms with Crippen LogP contribution in [0, 0.1) is 13.8 Å². The van der Waals surface area contributed by atoms with Crippen molar-refractivity contribution in [2.75, 3.05) is 5.32 Å². The van der Waals surface area contributed by atoms with Crippen molar-refractivity contribution in [2.45, 2.75) is 38.6 Å². The lowest BCUT2D eigenvalue weighted by Gasteiger charge is -2.12. The molecule has 4 aromatic rings. The second-order valence-electron chi connectivity index (χ2n) is 9.10. The molecule has 2 atom stereocenters. The van der Waals surface area contributed by atoms with Gasteiger partial charge in [0.2, 0.25) is 0 Å². The Labute approximate surface area is 217 Å². The van der Waals surface area contributed by atoms with Crippen molar-refractivity contribution in [3.05, 3.63) is 89.7 Å². The van der Waals surface area contributed by atoms with Gasteiger partial charge in [-0.3, -0.25) is 0 Å². The van der Waals surface area contributed by atoms with Gasteiger partial charge < -0.3 is 15.4 Å². The molecular weight excluding hydrogens is 499 g/mol. The Morgan fingerprint density at radius 2 is 1.68 bits per heavy atom. The first-order valence-corrected chi connectivity index (χ1v) is 12.1. The number of thiocarbonyl (C=S) groups is 1. The summed E-state index contributed by atoms with van der Waals surface area (Å²) in [5.41, 5.74) is 5.97. The van der Waals surface area contributed by atoms with Crippen molar-refractivity contribution in [1.82, 2.24) is 20.1 Å². The first-order valence-electron chi connectivity index (χ1n) is 11.7. The second kappa shape index (κ2) is 9.85. The standard InChI is InChI=1S/C27H24F3N5OS/c1-16-11-17(2)13-20(12-16)32-26(37)33-24-14-23(24)18-3-5-19(6-4-18)25-31-15-35(34-25)21-7-9-22(10-8-21)36-27(28,29)30/h3-13,15,23-24H,14H2,1-2H3,(H2,32,33,37). The number of benzene rings is 3. The molecule has 1 aliphatic rings. The molecule has 0 amide bonds. The van der Waals surface area contributed by atoms with Gasteiger partial charge in [0.15, 0.2) is 10.9 Å². The van der Waals surface area contributed by atoms with Crippen molar-refractivity contribution < 1.29 is 17.9 Å². The maximum Gasteiger partial charge on any atom is 0.573 e. The maximum atomic E-state index is 12.4. The first-order chi connectivity index (χ1) is 17.6. The third kappa shape index (κ3) is 6.26. The molecular formula is C27H24F3N5OS. The minimum absolute atomic E-state index is 0.276. The van der Waals surface area contributed by atoms with Crippen LogP contribution in [0.1, 0.15) is 29.0 Å². The van der Waals surface area contributed by atoms with Crippen LogP contribution in [0.2, 0.25) is 0 Å². The molecule has 1 saturated carbocycles. The van der Waals surface area contributed by atoms with Crippen LogP contribution < -0.4 is 15.4 Å². The number of nitrogens with one attached hydrogen (secondary N) is 2. The normalized spacial score (nSPS) is 16.8. The van der Waals surface area contributed by atoms with Crippen molar-refractivity contribution in [3.8, 4) is 22.8 Å². The van der Waals surface area contributed by atoms with E-state index in [-0.39, 0.29) is 11.8 Å². The van der Waals surface area contributed by atoms with Crippen LogP contribution in [0.15, 0.2) is 73.1 Å². The maximum absolute atomic E-state index is 12.4. The number of aromatic nitrogens is 3. The topological polar surface area (TPSA) is 64.0 Å². The zero-order valence-electron chi connectivity index (χ0n) is 20.1. The summed E-state index contributed by atoms with van der Waals surface area (Å²) in [4.78, 5) is 4.34. The van der Waals surface area contributed by atoms with Gasteiger partial charge in [-0.2, -0.15) is 0 Å². The van der Waals surface area contributed by atoms with Gasteiger partial charge in [-0.15, -0.1) is 18.3 Å². The van der Waals surface area contributed by atoms with E-state index >= 15 is 0 Å². The van der Waals surface area contributed by atoms with Crippen molar-refractivity contribution in [2.24, 2.45) is 0 Å². The Morgan fingerprint density at radius 1 is 1.00 bits per heavy atom. The lowest BCUT2D eigenvalue weighted by atomic mass is 10.1. The van der Waals surface area contributed by atoms with Crippen LogP contribution in [-0.2, 0) is 0 Å². The molecule has 10 heteroatoms. The first kappa shape index (κ1) is 24.8. The molecule has 0 saturated heterocycles. The number of nitrogens with zero attached hydrogens (tertiary/aromatic N) is 3. The summed E-state index contributed by atoms with van der Waals surface area (Å²) in [7, 11) is 0. The summed E-state index contributed by atoms with van der Waals surface area (Å²) in [5.74, 6) is 0.601. The molecule has 2 unspecified atom stereocenters. The predicted molar refractivity (Wildman–Crippen MR) is 140 cm³/mol. The summed E-state index contributed by atoms with van der Waals surface area (Å²) in [6.07, 6.45) is -2.21. The molecule has 0 spiro atoms. The highest BCUT2D eigenvalue weighted by Gasteiger charge is 2.38. The smallest absolute Gasteiger partial charge is 0.406 e. The van der Waals surface area contributed by atoms with E-state index in [1.54, 1.807) is 0 Å². The number of hydrogen-bond acceptors (Lipinski definition) is 4. The molecule has 1 aliphatic carbocycles. The van der Waals surface area contributed by atoms with Gasteiger partial charge in [-0.1, -0.05) is 30.3 Å². The van der Waals surface area contributed by atoms with E-state index in [2.05, 4.69) is 69.6 Å². The van der Waals surface area contributed by atoms with Crippen LogP contribution in [0.4, 0.5) is 18.9 Å². The van der Waals surface area contributed by atoms with E-state index in [9.17, 15) is 13.2 Å². The van der Waals surface area contributed by atoms with Crippen molar-refractivity contribution in [1.29, 1.82) is 0 Å². The minimum atomic E-state index is -4.73. The van der Waals surface area contributed by atoms with Gasteiger partial charge in [0.05, 0.1) is 5.69 Å². The van der Waals surface area contributed by atoms with E-state index in [1.165, 1.54) is 52.0 Å². The average molecular weight is 524 g/mol. The highest BCUT2D eigenvalue weighted by Crippen LogP contribution is 2.41. The third-order valence-electron chi connectivity index (χ3n) is 6.01. The summed E-state index contributed by atoms with van der Waals surface area (Å²) in [6, 6.07) is 20.0. The van der Waals surface area contributed by atoms with Gasteiger partial charge in [-0.25, -0.2) is 9.67 Å². The summed E-state index contributed by atoms with van der Waals surface area (Å²) < 4.78 is 42.5. The molecule has 0 aliphatic heterocycles. The van der Waals surface area contributed by atoms with Crippen molar-refractivity contribution >= 4 is 23.0 Å². The quantitative estimate of drug-likeness (QED) is 0.290. The fourth-order valence-electron chi connectivity index (χ4n) is 4.30. The Morgan fingerprint density at radius 3 is 2.32 bits per heavy atom. The summed E-state index contributed by atoms with van der Waals surface area (Å²) in [6.45, 7) is 4.12. The molecule has 37 heavy (non-hydrogen) atoms. The van der Waals surface area contributed by atoms with Gasteiger partial charge in [-0.05, 0) is 85.6 Å². The molecule has 2 N–H and O–H groups in total. The number of hydrogen-bond donors (Lipinski definition) is 2. The van der Waals surface area contributed by atoms with Gasteiger partial charge in [0, 0.05) is 23.2 Å². The molecule has 1 aromatic heterocycles. The Balaban J connectivity index is 1.18. The molecule has 6 nitrogen and oxygen atoms in total. The van der Waals surface area contributed by atoms with E-state index in [1.807, 2.05) is 12.1 Å². The van der Waals surface area contributed by atoms with Crippen LogP contribution >= 0.6 is 12.2 Å². The van der Waals surface area contributed by atoms with Gasteiger partial charge in [0.25, 0.3) is 0 Å². The number of rotatable bonds is 6. The lowest BCUT2D eigenvalue weighted by molar-refractivity contribution is -0.274. The number of ether oxygens (including phenoxy) is 1. The molecule has 190 valence electrons. The SMILES string of the molecule is Cc1cc(C)cc(NC(=S)NC2CC2c2ccc(-c3ncn(-c4ccc(OC(F)(F)F)cc4)n3)cc2)c1. The zero-order chi connectivity index (χ0) is 26.2. The molecule has 0 bridgehead atoms. The lowest BCUT2D eigenvalue weighted by Crippen LogP contribution is -2.31.